The summed E-state index contributed by atoms with van der Waals surface area (Å²) in [6.07, 6.45) is 0.881. The predicted octanol–water partition coefficient (Wildman–Crippen LogP) is 0.160. The number of hydrogen-bond donors (Lipinski definition) is 1. The van der Waals surface area contributed by atoms with Gasteiger partial charge in [0.05, 0.1) is 0 Å². The van der Waals surface area contributed by atoms with Crippen LogP contribution in [0.3, 0.4) is 0 Å². The van der Waals surface area contributed by atoms with E-state index in [0.29, 0.717) is 9.77 Å². The number of hydrogen-bond acceptors (Lipinski definition) is 1. The SMILES string of the molecule is [CH2][CH]([Na])CCO. The Kier molecular flexibility index (Phi) is 4.79. The molecule has 0 bridgehead atoms. The fourth-order valence-corrected chi connectivity index (χ4v) is 0.479. The average molecular weight is 95.1 g/mol. The Morgan fingerprint density at radius 2 is 2.33 bits per heavy atom. The van der Waals surface area contributed by atoms with Crippen molar-refractivity contribution in [1.82, 2.24) is 0 Å². The van der Waals surface area contributed by atoms with Gasteiger partial charge in [-0.25, -0.2) is 0 Å². The van der Waals surface area contributed by atoms with Crippen molar-refractivity contribution in [2.24, 2.45) is 0 Å². The molecule has 0 aromatic rings. The van der Waals surface area contributed by atoms with Crippen LogP contribution >= 0.6 is 0 Å². The molecule has 31 valence electrons. The Labute approximate surface area is 56.2 Å². The fraction of sp³-hybridized carbons (Fsp3) is 0.750. The Morgan fingerprint density at radius 1 is 1.83 bits per heavy atom. The number of aliphatic hydroxyl groups is 1. The normalized spacial score (nSPS) is 14.7. The second-order valence-electron chi connectivity index (χ2n) is 1.62. The van der Waals surface area contributed by atoms with Gasteiger partial charge < -0.3 is 0 Å². The molecule has 2 heteroatoms. The number of rotatable bonds is 2. The van der Waals surface area contributed by atoms with Crippen molar-refractivity contribution >= 4 is 27.9 Å². The van der Waals surface area contributed by atoms with Crippen LogP contribution in [-0.4, -0.2) is 39.6 Å². The molecule has 0 rings (SSSR count). The molecule has 0 fully saturated rings. The first-order valence-electron chi connectivity index (χ1n) is 2.21. The van der Waals surface area contributed by atoms with Gasteiger partial charge >= 0.3 is 56.2 Å². The third-order valence-electron chi connectivity index (χ3n) is 0.622. The first-order valence-corrected chi connectivity index (χ1v) is 3.36. The summed E-state index contributed by atoms with van der Waals surface area (Å²) >= 11 is 1.11. The van der Waals surface area contributed by atoms with E-state index in [1.54, 1.807) is 0 Å². The summed E-state index contributed by atoms with van der Waals surface area (Å²) in [5.74, 6) is 0. The molecule has 0 aliphatic rings. The molecule has 0 aliphatic carbocycles. The molecule has 1 unspecified atom stereocenters. The molecule has 0 aromatic heterocycles. The summed E-state index contributed by atoms with van der Waals surface area (Å²) in [6, 6.07) is 0. The van der Waals surface area contributed by atoms with E-state index in [9.17, 15) is 0 Å². The van der Waals surface area contributed by atoms with Gasteiger partial charge in [-0.3, -0.25) is 0 Å². The van der Waals surface area contributed by atoms with E-state index < -0.39 is 0 Å². The van der Waals surface area contributed by atoms with Gasteiger partial charge in [0.1, 0.15) is 0 Å². The zero-order valence-corrected chi connectivity index (χ0v) is 6.15. The molecular weight excluding hydrogens is 87.0 g/mol. The zero-order chi connectivity index (χ0) is 4.99. The summed E-state index contributed by atoms with van der Waals surface area (Å²) in [6.45, 7) is 4.03. The molecule has 1 radical (unpaired) electrons. The van der Waals surface area contributed by atoms with Crippen LogP contribution in [-0.2, 0) is 0 Å². The number of aliphatic hydroxyl groups excluding tert-OH is 1. The van der Waals surface area contributed by atoms with Crippen LogP contribution in [0.4, 0.5) is 0 Å². The van der Waals surface area contributed by atoms with E-state index in [1.807, 2.05) is 0 Å². The van der Waals surface area contributed by atoms with Gasteiger partial charge in [-0.05, 0) is 0 Å². The monoisotopic (exact) mass is 95.0 g/mol. The first-order chi connectivity index (χ1) is 2.77. The Morgan fingerprint density at radius 3 is 2.33 bits per heavy atom. The average Bonchev–Trinajstić information content (AvgIpc) is 1.35. The molecule has 0 saturated carbocycles. The van der Waals surface area contributed by atoms with Crippen LogP contribution in [0, 0.1) is 6.92 Å². The minimum atomic E-state index is 0.303. The molecule has 6 heavy (non-hydrogen) atoms. The van der Waals surface area contributed by atoms with Gasteiger partial charge in [-0.1, -0.05) is 0 Å². The quantitative estimate of drug-likeness (QED) is 0.484. The van der Waals surface area contributed by atoms with Crippen molar-refractivity contribution in [2.45, 2.75) is 9.59 Å². The van der Waals surface area contributed by atoms with Crippen LogP contribution in [0.2, 0.25) is 3.17 Å². The van der Waals surface area contributed by atoms with Crippen molar-refractivity contribution in [3.8, 4) is 0 Å². The van der Waals surface area contributed by atoms with Crippen LogP contribution in [0.25, 0.3) is 0 Å². The molecule has 0 saturated heterocycles. The van der Waals surface area contributed by atoms with Crippen molar-refractivity contribution in [2.75, 3.05) is 6.61 Å². The van der Waals surface area contributed by atoms with E-state index in [-0.39, 0.29) is 0 Å². The second kappa shape index (κ2) is 4.13. The van der Waals surface area contributed by atoms with Gasteiger partial charge in [0, 0.05) is 0 Å². The molecule has 1 nitrogen and oxygen atoms in total. The molecule has 0 heterocycles. The molecule has 0 aliphatic heterocycles. The van der Waals surface area contributed by atoms with E-state index >= 15 is 0 Å². The van der Waals surface area contributed by atoms with E-state index in [2.05, 4.69) is 6.92 Å². The van der Waals surface area contributed by atoms with Crippen molar-refractivity contribution < 1.29 is 5.11 Å². The van der Waals surface area contributed by atoms with Gasteiger partial charge in [0.25, 0.3) is 0 Å². The van der Waals surface area contributed by atoms with Gasteiger partial charge in [-0.2, -0.15) is 0 Å². The van der Waals surface area contributed by atoms with Crippen LogP contribution in [0.5, 0.6) is 0 Å². The summed E-state index contributed by atoms with van der Waals surface area (Å²) < 4.78 is 0.537. The van der Waals surface area contributed by atoms with Crippen LogP contribution < -0.4 is 0 Å². The third-order valence-corrected chi connectivity index (χ3v) is 1.20. The summed E-state index contributed by atoms with van der Waals surface area (Å²) in [4.78, 5) is 0. The summed E-state index contributed by atoms with van der Waals surface area (Å²) in [7, 11) is 0. The Balaban J connectivity index is 2.63. The van der Waals surface area contributed by atoms with Crippen molar-refractivity contribution in [3.05, 3.63) is 6.92 Å². The topological polar surface area (TPSA) is 20.2 Å². The van der Waals surface area contributed by atoms with Gasteiger partial charge in [-0.15, -0.1) is 0 Å². The maximum atomic E-state index is 8.22. The van der Waals surface area contributed by atoms with Crippen LogP contribution in [0.1, 0.15) is 6.42 Å². The second-order valence-corrected chi connectivity index (χ2v) is 3.25. The van der Waals surface area contributed by atoms with E-state index in [0.717, 1.165) is 34.4 Å². The molecule has 0 aromatic carbocycles. The maximum absolute atomic E-state index is 8.22. The molecule has 0 amide bonds. The minimum absolute atomic E-state index is 0.303. The first kappa shape index (κ1) is 6.96. The van der Waals surface area contributed by atoms with E-state index in [4.69, 9.17) is 5.11 Å². The van der Waals surface area contributed by atoms with Crippen LogP contribution in [0.15, 0.2) is 0 Å². The fourth-order valence-electron chi connectivity index (χ4n) is 0.220. The zero-order valence-electron chi connectivity index (χ0n) is 4.15. The standard InChI is InChI=1S/C4H8O.Na/c1-2-3-4-5;/h2,5H,1,3-4H2;. The summed E-state index contributed by atoms with van der Waals surface area (Å²) in [5, 5.41) is 8.22. The third kappa shape index (κ3) is 4.96. The Hall–Kier alpha value is 0.960. The van der Waals surface area contributed by atoms with Crippen molar-refractivity contribution in [3.63, 3.8) is 0 Å². The predicted molar refractivity (Wildman–Crippen MR) is 26.6 cm³/mol. The molecule has 0 spiro atoms. The summed E-state index contributed by atoms with van der Waals surface area (Å²) in [5.41, 5.74) is 0. The van der Waals surface area contributed by atoms with Crippen molar-refractivity contribution in [1.29, 1.82) is 0 Å². The van der Waals surface area contributed by atoms with Gasteiger partial charge in [0.15, 0.2) is 0 Å². The van der Waals surface area contributed by atoms with Gasteiger partial charge in [0.2, 0.25) is 0 Å². The molecule has 1 atom stereocenters. The molecule has 1 N–H and O–H groups in total. The Bertz CT molecular complexity index is 28.7. The van der Waals surface area contributed by atoms with E-state index in [1.165, 1.54) is 0 Å². The molecular formula is C4H8NaO.